The fourth-order valence-corrected chi connectivity index (χ4v) is 2.19. The van der Waals surface area contributed by atoms with Crippen LogP contribution in [-0.4, -0.2) is 52.9 Å². The van der Waals surface area contributed by atoms with Crippen LogP contribution in [0.2, 0.25) is 0 Å². The molecule has 4 heteroatoms. The van der Waals surface area contributed by atoms with Gasteiger partial charge in [0.2, 0.25) is 0 Å². The summed E-state index contributed by atoms with van der Waals surface area (Å²) in [5.41, 5.74) is 0.638. The van der Waals surface area contributed by atoms with E-state index in [2.05, 4.69) is 13.8 Å². The summed E-state index contributed by atoms with van der Waals surface area (Å²) in [6.45, 7) is 11.6. The first-order valence-electron chi connectivity index (χ1n) is 7.55. The molecule has 0 aromatic rings. The lowest BCUT2D eigenvalue weighted by molar-refractivity contribution is -0.187. The number of hydrogen-bond donors (Lipinski definition) is 0. The lowest BCUT2D eigenvalue weighted by Gasteiger charge is -2.44. The molecule has 0 N–H and O–H groups in total. The number of ether oxygens (including phenoxy) is 4. The van der Waals surface area contributed by atoms with Crippen LogP contribution < -0.4 is 0 Å². The Hall–Kier alpha value is -0.160. The molecule has 4 nitrogen and oxygen atoms in total. The van der Waals surface area contributed by atoms with E-state index in [1.54, 1.807) is 0 Å². The lowest BCUT2D eigenvalue weighted by atomic mass is 9.83. The van der Waals surface area contributed by atoms with Crippen LogP contribution in [0.1, 0.15) is 33.1 Å². The summed E-state index contributed by atoms with van der Waals surface area (Å²) in [6.07, 6.45) is 3.59. The van der Waals surface area contributed by atoms with Gasteiger partial charge in [0.25, 0.3) is 0 Å². The van der Waals surface area contributed by atoms with Crippen LogP contribution in [0.5, 0.6) is 0 Å². The van der Waals surface area contributed by atoms with Crippen LogP contribution in [0.4, 0.5) is 0 Å². The van der Waals surface area contributed by atoms with E-state index in [0.717, 1.165) is 65.7 Å². The molecule has 112 valence electrons. The van der Waals surface area contributed by atoms with Crippen molar-refractivity contribution in [3.05, 3.63) is 0 Å². The van der Waals surface area contributed by atoms with Gasteiger partial charge in [0.05, 0.1) is 39.6 Å². The van der Waals surface area contributed by atoms with Crippen LogP contribution >= 0.6 is 0 Å². The van der Waals surface area contributed by atoms with Crippen molar-refractivity contribution in [1.29, 1.82) is 0 Å². The fraction of sp³-hybridized carbons (Fsp3) is 1.00. The lowest BCUT2D eigenvalue weighted by Crippen LogP contribution is -2.49. The summed E-state index contributed by atoms with van der Waals surface area (Å²) < 4.78 is 21.1. The smallest absolute Gasteiger partial charge is 0.0566 e. The average molecular weight is 272 g/mol. The summed E-state index contributed by atoms with van der Waals surface area (Å²) in [7, 11) is 0. The third-order valence-electron chi connectivity index (χ3n) is 4.53. The molecule has 0 aliphatic carbocycles. The summed E-state index contributed by atoms with van der Waals surface area (Å²) >= 11 is 0. The van der Waals surface area contributed by atoms with Crippen molar-refractivity contribution in [2.45, 2.75) is 33.1 Å². The van der Waals surface area contributed by atoms with Crippen molar-refractivity contribution in [2.24, 2.45) is 10.8 Å². The zero-order valence-electron chi connectivity index (χ0n) is 12.4. The summed E-state index contributed by atoms with van der Waals surface area (Å²) in [4.78, 5) is 0. The van der Waals surface area contributed by atoms with E-state index in [1.165, 1.54) is 6.42 Å². The van der Waals surface area contributed by atoms with Gasteiger partial charge in [0.1, 0.15) is 0 Å². The van der Waals surface area contributed by atoms with Gasteiger partial charge in [-0.3, -0.25) is 0 Å². The van der Waals surface area contributed by atoms with Gasteiger partial charge in [0, 0.05) is 24.0 Å². The molecule has 3 aliphatic rings. The van der Waals surface area contributed by atoms with Crippen LogP contribution in [0.25, 0.3) is 0 Å². The Morgan fingerprint density at radius 1 is 0.789 bits per heavy atom. The average Bonchev–Trinajstić information content (AvgIpc) is 2.23. The molecule has 0 unspecified atom stereocenters. The molecule has 3 fully saturated rings. The predicted molar refractivity (Wildman–Crippen MR) is 73.3 cm³/mol. The monoisotopic (exact) mass is 272 g/mol. The third kappa shape index (κ3) is 3.91. The second-order valence-electron chi connectivity index (χ2n) is 6.15. The first-order valence-corrected chi connectivity index (χ1v) is 7.55. The SMILES string of the molecule is C1COC1.CCC1(COCC2(CC)COC2)COC1. The molecule has 0 spiro atoms. The minimum Gasteiger partial charge on any atom is -0.381 e. The van der Waals surface area contributed by atoms with Crippen LogP contribution in [0, 0.1) is 10.8 Å². The molecule has 3 saturated heterocycles. The first-order chi connectivity index (χ1) is 9.24. The van der Waals surface area contributed by atoms with Crippen LogP contribution in [-0.2, 0) is 18.9 Å². The van der Waals surface area contributed by atoms with E-state index in [4.69, 9.17) is 18.9 Å². The molecule has 3 aliphatic heterocycles. The Morgan fingerprint density at radius 3 is 1.32 bits per heavy atom. The Bertz CT molecular complexity index is 218. The van der Waals surface area contributed by atoms with Crippen LogP contribution in [0.3, 0.4) is 0 Å². The molecule has 3 rings (SSSR count). The number of rotatable bonds is 6. The summed E-state index contributed by atoms with van der Waals surface area (Å²) in [6, 6.07) is 0. The van der Waals surface area contributed by atoms with Gasteiger partial charge in [0.15, 0.2) is 0 Å². The van der Waals surface area contributed by atoms with Crippen molar-refractivity contribution in [3.8, 4) is 0 Å². The van der Waals surface area contributed by atoms with Crippen molar-refractivity contribution < 1.29 is 18.9 Å². The molecule has 0 aromatic heterocycles. The molecule has 0 bridgehead atoms. The molecular weight excluding hydrogens is 244 g/mol. The summed E-state index contributed by atoms with van der Waals surface area (Å²) in [5.74, 6) is 0. The Kier molecular flexibility index (Phi) is 5.63. The van der Waals surface area contributed by atoms with Gasteiger partial charge >= 0.3 is 0 Å². The normalized spacial score (nSPS) is 26.2. The van der Waals surface area contributed by atoms with Gasteiger partial charge in [-0.05, 0) is 19.3 Å². The van der Waals surface area contributed by atoms with Gasteiger partial charge in [-0.2, -0.15) is 0 Å². The molecule has 3 heterocycles. The summed E-state index contributed by atoms with van der Waals surface area (Å²) in [5, 5.41) is 0. The van der Waals surface area contributed by atoms with Gasteiger partial charge < -0.3 is 18.9 Å². The zero-order valence-corrected chi connectivity index (χ0v) is 12.4. The third-order valence-corrected chi connectivity index (χ3v) is 4.53. The molecule has 0 atom stereocenters. The van der Waals surface area contributed by atoms with Crippen molar-refractivity contribution in [2.75, 3.05) is 52.9 Å². The van der Waals surface area contributed by atoms with E-state index in [9.17, 15) is 0 Å². The standard InChI is InChI=1S/C12H22O3.C3H6O/c1-3-11(5-13-6-11)9-15-10-12(4-2)7-14-8-12;1-2-4-3-1/h3-10H2,1-2H3;1-3H2. The maximum atomic E-state index is 5.87. The molecule has 0 saturated carbocycles. The maximum absolute atomic E-state index is 5.87. The van der Waals surface area contributed by atoms with E-state index in [-0.39, 0.29) is 0 Å². The predicted octanol–water partition coefficient (Wildman–Crippen LogP) is 2.26. The Morgan fingerprint density at radius 2 is 1.16 bits per heavy atom. The Balaban J connectivity index is 0.000000284. The van der Waals surface area contributed by atoms with Crippen molar-refractivity contribution >= 4 is 0 Å². The zero-order chi connectivity index (χ0) is 13.6. The second kappa shape index (κ2) is 7.02. The van der Waals surface area contributed by atoms with Crippen LogP contribution in [0.15, 0.2) is 0 Å². The molecule has 0 amide bonds. The number of hydrogen-bond acceptors (Lipinski definition) is 4. The molecule has 0 radical (unpaired) electrons. The van der Waals surface area contributed by atoms with E-state index >= 15 is 0 Å². The minimum atomic E-state index is 0.319. The van der Waals surface area contributed by atoms with E-state index in [1.807, 2.05) is 0 Å². The van der Waals surface area contributed by atoms with Crippen molar-refractivity contribution in [3.63, 3.8) is 0 Å². The molecule has 19 heavy (non-hydrogen) atoms. The van der Waals surface area contributed by atoms with E-state index in [0.29, 0.717) is 10.8 Å². The maximum Gasteiger partial charge on any atom is 0.0566 e. The van der Waals surface area contributed by atoms with Crippen molar-refractivity contribution in [1.82, 2.24) is 0 Å². The minimum absolute atomic E-state index is 0.319. The fourth-order valence-electron chi connectivity index (χ4n) is 2.19. The highest BCUT2D eigenvalue weighted by Gasteiger charge is 2.40. The highest BCUT2D eigenvalue weighted by Crippen LogP contribution is 2.35. The highest BCUT2D eigenvalue weighted by atomic mass is 16.5. The van der Waals surface area contributed by atoms with E-state index < -0.39 is 0 Å². The first kappa shape index (κ1) is 15.2. The highest BCUT2D eigenvalue weighted by molar-refractivity contribution is 4.87. The quantitative estimate of drug-likeness (QED) is 0.743. The second-order valence-corrected chi connectivity index (χ2v) is 6.15. The molecule has 0 aromatic carbocycles. The Labute approximate surface area is 116 Å². The largest absolute Gasteiger partial charge is 0.381 e. The molecular formula is C15H28O4. The van der Waals surface area contributed by atoms with Gasteiger partial charge in [-0.15, -0.1) is 0 Å². The topological polar surface area (TPSA) is 36.9 Å². The van der Waals surface area contributed by atoms with Gasteiger partial charge in [-0.1, -0.05) is 13.8 Å². The van der Waals surface area contributed by atoms with Gasteiger partial charge in [-0.25, -0.2) is 0 Å².